The summed E-state index contributed by atoms with van der Waals surface area (Å²) in [6.07, 6.45) is 3.00. The molecule has 4 heteroatoms. The highest BCUT2D eigenvalue weighted by Gasteiger charge is 2.15. The van der Waals surface area contributed by atoms with Crippen molar-refractivity contribution in [2.24, 2.45) is 5.41 Å². The molecule has 0 amide bonds. The van der Waals surface area contributed by atoms with Crippen molar-refractivity contribution in [2.45, 2.75) is 53.5 Å². The highest BCUT2D eigenvalue weighted by molar-refractivity contribution is 6.31. The Hall–Kier alpha value is -1.01. The lowest BCUT2D eigenvalue weighted by Gasteiger charge is -2.14. The van der Waals surface area contributed by atoms with Crippen molar-refractivity contribution in [3.63, 3.8) is 0 Å². The number of aromatic nitrogens is 2. The molecule has 0 spiro atoms. The van der Waals surface area contributed by atoms with Gasteiger partial charge in [-0.25, -0.2) is 0 Å². The van der Waals surface area contributed by atoms with E-state index in [-0.39, 0.29) is 5.41 Å². The first-order valence-corrected chi connectivity index (χ1v) is 6.36. The second-order valence-corrected chi connectivity index (χ2v) is 5.54. The zero-order valence-electron chi connectivity index (χ0n) is 11.0. The molecule has 0 aliphatic rings. The average molecular weight is 254 g/mol. The fraction of sp³-hybridized carbons (Fsp3) is 0.692. The zero-order chi connectivity index (χ0) is 13.1. The third-order valence-corrected chi connectivity index (χ3v) is 3.56. The van der Waals surface area contributed by atoms with Gasteiger partial charge in [-0.1, -0.05) is 18.0 Å². The standard InChI is InChI=1S/C13H20ClN3/c1-10-12(14)11(2)17(16-10)8-6-5-7-13(3,4)9-15/h5-8H2,1-4H3. The Morgan fingerprint density at radius 3 is 2.47 bits per heavy atom. The molecule has 0 saturated heterocycles. The van der Waals surface area contributed by atoms with Gasteiger partial charge in [-0.15, -0.1) is 0 Å². The summed E-state index contributed by atoms with van der Waals surface area (Å²) in [5.41, 5.74) is 1.71. The predicted molar refractivity (Wildman–Crippen MR) is 70.0 cm³/mol. The monoisotopic (exact) mass is 253 g/mol. The van der Waals surface area contributed by atoms with E-state index in [0.717, 1.165) is 42.2 Å². The van der Waals surface area contributed by atoms with Crippen molar-refractivity contribution in [1.82, 2.24) is 9.78 Å². The normalized spacial score (nSPS) is 11.5. The Balaban J connectivity index is 2.42. The third kappa shape index (κ3) is 3.74. The number of hydrogen-bond acceptors (Lipinski definition) is 2. The first-order valence-electron chi connectivity index (χ1n) is 5.98. The third-order valence-electron chi connectivity index (χ3n) is 3.02. The van der Waals surface area contributed by atoms with Crippen molar-refractivity contribution in [3.05, 3.63) is 16.4 Å². The molecule has 0 N–H and O–H groups in total. The minimum Gasteiger partial charge on any atom is -0.268 e. The Bertz CT molecular complexity index is 427. The zero-order valence-corrected chi connectivity index (χ0v) is 11.8. The van der Waals surface area contributed by atoms with Crippen LogP contribution in [0.4, 0.5) is 0 Å². The van der Waals surface area contributed by atoms with Crippen LogP contribution in [0.3, 0.4) is 0 Å². The van der Waals surface area contributed by atoms with Crippen molar-refractivity contribution in [2.75, 3.05) is 0 Å². The van der Waals surface area contributed by atoms with Gasteiger partial charge in [-0.2, -0.15) is 10.4 Å². The molecule has 0 aromatic carbocycles. The quantitative estimate of drug-likeness (QED) is 0.748. The van der Waals surface area contributed by atoms with Gasteiger partial charge >= 0.3 is 0 Å². The van der Waals surface area contributed by atoms with E-state index < -0.39 is 0 Å². The molecule has 1 heterocycles. The van der Waals surface area contributed by atoms with Crippen LogP contribution in [0.25, 0.3) is 0 Å². The molecule has 0 atom stereocenters. The van der Waals surface area contributed by atoms with E-state index in [1.807, 2.05) is 32.4 Å². The summed E-state index contributed by atoms with van der Waals surface area (Å²) in [5, 5.41) is 14.1. The van der Waals surface area contributed by atoms with Crippen LogP contribution in [0.2, 0.25) is 5.02 Å². The largest absolute Gasteiger partial charge is 0.268 e. The fourth-order valence-electron chi connectivity index (χ4n) is 1.78. The van der Waals surface area contributed by atoms with E-state index in [9.17, 15) is 0 Å². The maximum absolute atomic E-state index is 8.91. The minimum atomic E-state index is -0.216. The number of aryl methyl sites for hydroxylation is 2. The summed E-state index contributed by atoms with van der Waals surface area (Å²) >= 11 is 6.08. The molecule has 17 heavy (non-hydrogen) atoms. The summed E-state index contributed by atoms with van der Waals surface area (Å²) in [5.74, 6) is 0. The number of rotatable bonds is 5. The van der Waals surface area contributed by atoms with Crippen LogP contribution in [-0.4, -0.2) is 9.78 Å². The Labute approximate surface area is 108 Å². The summed E-state index contributed by atoms with van der Waals surface area (Å²) in [6, 6.07) is 2.32. The van der Waals surface area contributed by atoms with Crippen molar-refractivity contribution < 1.29 is 0 Å². The fourth-order valence-corrected chi connectivity index (χ4v) is 1.91. The number of nitriles is 1. The molecule has 0 aliphatic heterocycles. The molecule has 1 aromatic heterocycles. The van der Waals surface area contributed by atoms with Crippen LogP contribution in [0.1, 0.15) is 44.5 Å². The van der Waals surface area contributed by atoms with E-state index in [1.54, 1.807) is 0 Å². The molecule has 0 saturated carbocycles. The second kappa shape index (κ2) is 5.55. The molecular weight excluding hydrogens is 234 g/mol. The summed E-state index contributed by atoms with van der Waals surface area (Å²) in [7, 11) is 0. The van der Waals surface area contributed by atoms with Gasteiger partial charge in [0.25, 0.3) is 0 Å². The van der Waals surface area contributed by atoms with Gasteiger partial charge in [-0.3, -0.25) is 4.68 Å². The van der Waals surface area contributed by atoms with E-state index in [1.165, 1.54) is 0 Å². The Kier molecular flexibility index (Phi) is 4.59. The molecular formula is C13H20ClN3. The molecule has 1 rings (SSSR count). The highest BCUT2D eigenvalue weighted by Crippen LogP contribution is 2.23. The van der Waals surface area contributed by atoms with Gasteiger partial charge in [0.05, 0.1) is 27.9 Å². The van der Waals surface area contributed by atoms with Crippen molar-refractivity contribution in [1.29, 1.82) is 5.26 Å². The molecule has 0 aliphatic carbocycles. The molecule has 94 valence electrons. The van der Waals surface area contributed by atoms with Gasteiger partial charge in [0.2, 0.25) is 0 Å². The van der Waals surface area contributed by atoms with Gasteiger partial charge < -0.3 is 0 Å². The van der Waals surface area contributed by atoms with Gasteiger partial charge in [0.1, 0.15) is 0 Å². The molecule has 0 unspecified atom stereocenters. The number of halogens is 1. The minimum absolute atomic E-state index is 0.216. The lowest BCUT2D eigenvalue weighted by Crippen LogP contribution is -2.09. The van der Waals surface area contributed by atoms with Crippen LogP contribution < -0.4 is 0 Å². The first kappa shape index (κ1) is 14.1. The number of nitrogens with zero attached hydrogens (tertiary/aromatic N) is 3. The second-order valence-electron chi connectivity index (χ2n) is 5.16. The molecule has 3 nitrogen and oxygen atoms in total. The predicted octanol–water partition coefficient (Wildman–Crippen LogP) is 3.87. The SMILES string of the molecule is Cc1nn(CCCCC(C)(C)C#N)c(C)c1Cl. The van der Waals surface area contributed by atoms with E-state index in [2.05, 4.69) is 11.2 Å². The highest BCUT2D eigenvalue weighted by atomic mass is 35.5. The van der Waals surface area contributed by atoms with Crippen LogP contribution in [0.5, 0.6) is 0 Å². The van der Waals surface area contributed by atoms with Crippen LogP contribution in [0.15, 0.2) is 0 Å². The Morgan fingerprint density at radius 2 is 2.00 bits per heavy atom. The van der Waals surface area contributed by atoms with Crippen LogP contribution >= 0.6 is 11.6 Å². The van der Waals surface area contributed by atoms with Crippen LogP contribution in [0, 0.1) is 30.6 Å². The van der Waals surface area contributed by atoms with E-state index in [0.29, 0.717) is 0 Å². The number of unbranched alkanes of at least 4 members (excludes halogenated alkanes) is 1. The molecule has 0 radical (unpaired) electrons. The van der Waals surface area contributed by atoms with Crippen molar-refractivity contribution in [3.8, 4) is 6.07 Å². The summed E-state index contributed by atoms with van der Waals surface area (Å²) in [4.78, 5) is 0. The maximum Gasteiger partial charge on any atom is 0.0844 e. The lowest BCUT2D eigenvalue weighted by molar-refractivity contribution is 0.410. The van der Waals surface area contributed by atoms with Gasteiger partial charge in [0, 0.05) is 6.54 Å². The maximum atomic E-state index is 8.91. The smallest absolute Gasteiger partial charge is 0.0844 e. The average Bonchev–Trinajstić information content (AvgIpc) is 2.52. The lowest BCUT2D eigenvalue weighted by atomic mass is 9.89. The van der Waals surface area contributed by atoms with Crippen molar-refractivity contribution >= 4 is 11.6 Å². The summed E-state index contributed by atoms with van der Waals surface area (Å²) < 4.78 is 1.96. The van der Waals surface area contributed by atoms with Gasteiger partial charge in [0.15, 0.2) is 0 Å². The molecule has 0 fully saturated rings. The molecule has 0 bridgehead atoms. The van der Waals surface area contributed by atoms with E-state index in [4.69, 9.17) is 16.9 Å². The summed E-state index contributed by atoms with van der Waals surface area (Å²) in [6.45, 7) is 8.74. The van der Waals surface area contributed by atoms with Gasteiger partial charge in [-0.05, 0) is 40.5 Å². The van der Waals surface area contributed by atoms with Crippen LogP contribution in [-0.2, 0) is 6.54 Å². The first-order chi connectivity index (χ1) is 7.87. The van der Waals surface area contributed by atoms with E-state index >= 15 is 0 Å². The topological polar surface area (TPSA) is 41.6 Å². The molecule has 1 aromatic rings. The number of hydrogen-bond donors (Lipinski definition) is 0. The Morgan fingerprint density at radius 1 is 1.35 bits per heavy atom.